The van der Waals surface area contributed by atoms with Crippen LogP contribution in [0.4, 0.5) is 0 Å². The molecular formula is C30H45N3O2. The predicted octanol–water partition coefficient (Wildman–Crippen LogP) is 6.26. The zero-order valence-electron chi connectivity index (χ0n) is 22.3. The summed E-state index contributed by atoms with van der Waals surface area (Å²) in [5, 5.41) is 0. The Balaban J connectivity index is 1.79. The molecule has 0 saturated heterocycles. The van der Waals surface area contributed by atoms with E-state index in [2.05, 4.69) is 59.0 Å². The number of aromatic nitrogens is 1. The quantitative estimate of drug-likeness (QED) is 0.357. The van der Waals surface area contributed by atoms with E-state index < -0.39 is 5.41 Å². The van der Waals surface area contributed by atoms with Gasteiger partial charge in [0, 0.05) is 36.4 Å². The largest absolute Gasteiger partial charge is 0.345 e. The van der Waals surface area contributed by atoms with Crippen LogP contribution in [0, 0.1) is 5.41 Å². The molecule has 1 aliphatic carbocycles. The molecule has 1 aromatic carbocycles. The van der Waals surface area contributed by atoms with E-state index in [0.29, 0.717) is 13.1 Å². The molecule has 1 fully saturated rings. The Kier molecular flexibility index (Phi) is 10.00. The maximum Gasteiger partial charge on any atom is 0.242 e. The highest BCUT2D eigenvalue weighted by molar-refractivity contribution is 5.87. The lowest BCUT2D eigenvalue weighted by Crippen LogP contribution is -2.49. The Morgan fingerprint density at radius 3 is 2.34 bits per heavy atom. The first-order valence-corrected chi connectivity index (χ1v) is 13.6. The molecule has 0 atom stereocenters. The van der Waals surface area contributed by atoms with Gasteiger partial charge in [-0.1, -0.05) is 90.1 Å². The van der Waals surface area contributed by atoms with E-state index in [-0.39, 0.29) is 24.4 Å². The Morgan fingerprint density at radius 1 is 0.971 bits per heavy atom. The molecule has 0 N–H and O–H groups in total. The Morgan fingerprint density at radius 2 is 1.69 bits per heavy atom. The normalized spacial score (nSPS) is 14.6. The Hall–Kier alpha value is -2.56. The van der Waals surface area contributed by atoms with E-state index in [4.69, 9.17) is 0 Å². The number of amides is 2. The second kappa shape index (κ2) is 12.9. The average Bonchev–Trinajstić information content (AvgIpc) is 3.28. The molecule has 1 aromatic heterocycles. The number of hydrogen-bond acceptors (Lipinski definition) is 2. The molecule has 2 amide bonds. The number of unbranched alkanes of at least 4 members (excludes halogenated alkanes) is 2. The van der Waals surface area contributed by atoms with Gasteiger partial charge in [0.25, 0.3) is 0 Å². The highest BCUT2D eigenvalue weighted by atomic mass is 16.2. The average molecular weight is 480 g/mol. The number of hydrogen-bond donors (Lipinski definition) is 0. The van der Waals surface area contributed by atoms with Crippen LogP contribution in [0.3, 0.4) is 0 Å². The summed E-state index contributed by atoms with van der Waals surface area (Å²) in [6.45, 7) is 10.2. The predicted molar refractivity (Wildman–Crippen MR) is 143 cm³/mol. The van der Waals surface area contributed by atoms with Gasteiger partial charge >= 0.3 is 0 Å². The lowest BCUT2D eigenvalue weighted by atomic mass is 9.93. The minimum atomic E-state index is -0.494. The molecule has 35 heavy (non-hydrogen) atoms. The van der Waals surface area contributed by atoms with Crippen molar-refractivity contribution in [1.29, 1.82) is 0 Å². The molecule has 0 bridgehead atoms. The molecule has 0 radical (unpaired) electrons. The van der Waals surface area contributed by atoms with E-state index in [1.807, 2.05) is 31.7 Å². The van der Waals surface area contributed by atoms with E-state index in [9.17, 15) is 9.59 Å². The van der Waals surface area contributed by atoms with E-state index in [1.54, 1.807) is 0 Å². The van der Waals surface area contributed by atoms with Gasteiger partial charge in [-0.2, -0.15) is 0 Å². The second-order valence-electron chi connectivity index (χ2n) is 11.1. The topological polar surface area (TPSA) is 45.6 Å². The van der Waals surface area contributed by atoms with Crippen LogP contribution in [0.5, 0.6) is 0 Å². The lowest BCUT2D eigenvalue weighted by molar-refractivity contribution is -0.147. The van der Waals surface area contributed by atoms with Gasteiger partial charge in [0.1, 0.15) is 0 Å². The van der Waals surface area contributed by atoms with Gasteiger partial charge < -0.3 is 14.4 Å². The maximum atomic E-state index is 13.8. The van der Waals surface area contributed by atoms with Crippen LogP contribution in [0.15, 0.2) is 48.7 Å². The Bertz CT molecular complexity index is 923. The van der Waals surface area contributed by atoms with Gasteiger partial charge in [-0.25, -0.2) is 0 Å². The fourth-order valence-electron chi connectivity index (χ4n) is 5.05. The third-order valence-corrected chi connectivity index (χ3v) is 7.07. The molecule has 3 rings (SSSR count). The zero-order chi connectivity index (χ0) is 25.3. The first-order chi connectivity index (χ1) is 16.8. The molecule has 5 heteroatoms. The third kappa shape index (κ3) is 7.98. The standard InChI is InChI=1S/C30H45N3O2/c1-5-6-13-20-32(29(35)30(2,3)4)24-28(34)33(26-17-11-8-12-18-26)23-27-19-14-21-31(27)22-25-15-9-7-10-16-25/h7,9-10,14-16,19,21,26H,5-6,8,11-13,17-18,20,22-24H2,1-4H3. The molecule has 5 nitrogen and oxygen atoms in total. The van der Waals surface area contributed by atoms with Gasteiger partial charge in [0.05, 0.1) is 13.1 Å². The van der Waals surface area contributed by atoms with Crippen molar-refractivity contribution < 1.29 is 9.59 Å². The minimum Gasteiger partial charge on any atom is -0.345 e. The summed E-state index contributed by atoms with van der Waals surface area (Å²) in [5.74, 6) is 0.149. The van der Waals surface area contributed by atoms with E-state index in [1.165, 1.54) is 24.8 Å². The van der Waals surface area contributed by atoms with Crippen molar-refractivity contribution in [3.05, 3.63) is 59.9 Å². The molecular weight excluding hydrogens is 434 g/mol. The molecule has 1 heterocycles. The maximum absolute atomic E-state index is 13.8. The number of benzene rings is 1. The summed E-state index contributed by atoms with van der Waals surface area (Å²) in [6, 6.07) is 14.9. The van der Waals surface area contributed by atoms with Gasteiger partial charge in [-0.05, 0) is 37.0 Å². The highest BCUT2D eigenvalue weighted by Gasteiger charge is 2.32. The van der Waals surface area contributed by atoms with Crippen molar-refractivity contribution in [2.24, 2.45) is 5.41 Å². The number of carbonyl (C=O) groups is 2. The molecule has 0 unspecified atom stereocenters. The molecule has 1 aliphatic rings. The van der Waals surface area contributed by atoms with Crippen molar-refractivity contribution in [3.63, 3.8) is 0 Å². The molecule has 192 valence electrons. The van der Waals surface area contributed by atoms with Gasteiger partial charge in [-0.15, -0.1) is 0 Å². The summed E-state index contributed by atoms with van der Waals surface area (Å²) in [4.78, 5) is 31.0. The van der Waals surface area contributed by atoms with Crippen molar-refractivity contribution in [3.8, 4) is 0 Å². The number of rotatable bonds is 11. The van der Waals surface area contributed by atoms with E-state index in [0.717, 1.165) is 44.3 Å². The van der Waals surface area contributed by atoms with Crippen LogP contribution < -0.4 is 0 Å². The molecule has 0 aliphatic heterocycles. The fourth-order valence-corrected chi connectivity index (χ4v) is 5.05. The second-order valence-corrected chi connectivity index (χ2v) is 11.1. The summed E-state index contributed by atoms with van der Waals surface area (Å²) >= 11 is 0. The van der Waals surface area contributed by atoms with Crippen LogP contribution >= 0.6 is 0 Å². The van der Waals surface area contributed by atoms with E-state index >= 15 is 0 Å². The summed E-state index contributed by atoms with van der Waals surface area (Å²) in [5.41, 5.74) is 1.90. The summed E-state index contributed by atoms with van der Waals surface area (Å²) in [7, 11) is 0. The van der Waals surface area contributed by atoms with Crippen LogP contribution in [-0.2, 0) is 22.7 Å². The van der Waals surface area contributed by atoms with Crippen LogP contribution in [0.2, 0.25) is 0 Å². The zero-order valence-corrected chi connectivity index (χ0v) is 22.3. The monoisotopic (exact) mass is 479 g/mol. The first kappa shape index (κ1) is 27.0. The smallest absolute Gasteiger partial charge is 0.242 e. The van der Waals surface area contributed by atoms with Crippen molar-refractivity contribution in [2.75, 3.05) is 13.1 Å². The van der Waals surface area contributed by atoms with Gasteiger partial charge in [0.15, 0.2) is 0 Å². The third-order valence-electron chi connectivity index (χ3n) is 7.07. The summed E-state index contributed by atoms with van der Waals surface area (Å²) < 4.78 is 2.25. The number of nitrogens with zero attached hydrogens (tertiary/aromatic N) is 3. The van der Waals surface area contributed by atoms with Crippen LogP contribution in [-0.4, -0.2) is 45.3 Å². The SMILES string of the molecule is CCCCCN(CC(=O)N(Cc1cccn1Cc1ccccc1)C1CCCCC1)C(=O)C(C)(C)C. The fraction of sp³-hybridized carbons (Fsp3) is 0.600. The molecule has 2 aromatic rings. The van der Waals surface area contributed by atoms with Crippen LogP contribution in [0.1, 0.15) is 90.3 Å². The van der Waals surface area contributed by atoms with Crippen molar-refractivity contribution in [2.45, 2.75) is 98.2 Å². The molecule has 1 saturated carbocycles. The first-order valence-electron chi connectivity index (χ1n) is 13.6. The summed E-state index contributed by atoms with van der Waals surface area (Å²) in [6.07, 6.45) is 10.9. The van der Waals surface area contributed by atoms with Gasteiger partial charge in [0.2, 0.25) is 11.8 Å². The van der Waals surface area contributed by atoms with Crippen molar-refractivity contribution in [1.82, 2.24) is 14.4 Å². The minimum absolute atomic E-state index is 0.0676. The number of carbonyl (C=O) groups excluding carboxylic acids is 2. The van der Waals surface area contributed by atoms with Crippen molar-refractivity contribution >= 4 is 11.8 Å². The molecule has 0 spiro atoms. The Labute approximate surface area is 212 Å². The van der Waals surface area contributed by atoms with Crippen LogP contribution in [0.25, 0.3) is 0 Å². The highest BCUT2D eigenvalue weighted by Crippen LogP contribution is 2.26. The van der Waals surface area contributed by atoms with Gasteiger partial charge in [-0.3, -0.25) is 9.59 Å². The lowest BCUT2D eigenvalue weighted by Gasteiger charge is -2.37.